The molecular weight excluding hydrogens is 414 g/mol. The highest BCUT2D eigenvalue weighted by atomic mass is 32.2. The zero-order valence-corrected chi connectivity index (χ0v) is 18.5. The van der Waals surface area contributed by atoms with Crippen LogP contribution in [-0.2, 0) is 27.8 Å². The Hall–Kier alpha value is -2.55. The van der Waals surface area contributed by atoms with Crippen LogP contribution in [0.5, 0.6) is 0 Å². The minimum atomic E-state index is -3.64. The van der Waals surface area contributed by atoms with E-state index in [0.717, 1.165) is 19.5 Å². The number of sulfonamides is 1. The smallest absolute Gasteiger partial charge is 0.243 e. The Balaban J connectivity index is 1.33. The summed E-state index contributed by atoms with van der Waals surface area (Å²) in [6, 6.07) is 14.3. The molecule has 2 aromatic carbocycles. The van der Waals surface area contributed by atoms with Crippen molar-refractivity contribution >= 4 is 21.7 Å². The Kier molecular flexibility index (Phi) is 6.22. The Bertz CT molecular complexity index is 1070. The van der Waals surface area contributed by atoms with Crippen molar-refractivity contribution in [3.05, 3.63) is 65.2 Å². The molecular formula is C23H27N3O4S. The van der Waals surface area contributed by atoms with Crippen LogP contribution >= 0.6 is 0 Å². The van der Waals surface area contributed by atoms with E-state index in [1.165, 1.54) is 46.6 Å². The molecule has 1 amide bonds. The van der Waals surface area contributed by atoms with Gasteiger partial charge in [0.15, 0.2) is 5.78 Å². The standard InChI is InChI=1S/C23H27N3O4S/c1-18(27)19-6-8-22(9-7-19)31(29,30)26-14-12-25(13-15-26)23(28)17-24-11-10-20-4-2-3-5-21(20)16-24/h2-9H,10-17H2,1H3. The van der Waals surface area contributed by atoms with Crippen molar-refractivity contribution in [1.29, 1.82) is 0 Å². The number of carbonyl (C=O) groups excluding carboxylic acids is 2. The molecule has 0 atom stereocenters. The molecule has 0 aromatic heterocycles. The highest BCUT2D eigenvalue weighted by molar-refractivity contribution is 7.89. The van der Waals surface area contributed by atoms with Crippen molar-refractivity contribution in [1.82, 2.24) is 14.1 Å². The second-order valence-electron chi connectivity index (χ2n) is 8.09. The largest absolute Gasteiger partial charge is 0.339 e. The third-order valence-electron chi connectivity index (χ3n) is 6.06. The van der Waals surface area contributed by atoms with E-state index in [0.29, 0.717) is 25.2 Å². The molecule has 0 aliphatic carbocycles. The fourth-order valence-electron chi connectivity index (χ4n) is 4.17. The molecule has 0 radical (unpaired) electrons. The molecule has 2 aliphatic rings. The van der Waals surface area contributed by atoms with Crippen LogP contribution in [0.25, 0.3) is 0 Å². The van der Waals surface area contributed by atoms with Gasteiger partial charge in [-0.05, 0) is 36.6 Å². The summed E-state index contributed by atoms with van der Waals surface area (Å²) in [7, 11) is -3.64. The first-order chi connectivity index (χ1) is 14.8. The quantitative estimate of drug-likeness (QED) is 0.661. The van der Waals surface area contributed by atoms with Crippen LogP contribution in [0.15, 0.2) is 53.4 Å². The number of fused-ring (bicyclic) bond motifs is 1. The van der Waals surface area contributed by atoms with E-state index in [1.807, 2.05) is 12.1 Å². The van der Waals surface area contributed by atoms with Gasteiger partial charge in [-0.15, -0.1) is 0 Å². The Labute approximate surface area is 183 Å². The van der Waals surface area contributed by atoms with Gasteiger partial charge < -0.3 is 4.90 Å². The van der Waals surface area contributed by atoms with Gasteiger partial charge in [-0.25, -0.2) is 8.42 Å². The summed E-state index contributed by atoms with van der Waals surface area (Å²) in [4.78, 5) is 28.3. The third kappa shape index (κ3) is 4.71. The lowest BCUT2D eigenvalue weighted by Crippen LogP contribution is -2.52. The number of carbonyl (C=O) groups is 2. The van der Waals surface area contributed by atoms with E-state index in [9.17, 15) is 18.0 Å². The van der Waals surface area contributed by atoms with Crippen molar-refractivity contribution in [3.8, 4) is 0 Å². The fraction of sp³-hybridized carbons (Fsp3) is 0.391. The maximum Gasteiger partial charge on any atom is 0.243 e. The molecule has 31 heavy (non-hydrogen) atoms. The van der Waals surface area contributed by atoms with Gasteiger partial charge >= 0.3 is 0 Å². The molecule has 2 aromatic rings. The molecule has 0 N–H and O–H groups in total. The van der Waals surface area contributed by atoms with Crippen LogP contribution in [0, 0.1) is 0 Å². The monoisotopic (exact) mass is 441 g/mol. The fourth-order valence-corrected chi connectivity index (χ4v) is 5.59. The highest BCUT2D eigenvalue weighted by Crippen LogP contribution is 2.20. The molecule has 2 heterocycles. The number of ketones is 1. The zero-order valence-electron chi connectivity index (χ0n) is 17.7. The molecule has 8 heteroatoms. The molecule has 0 unspecified atom stereocenters. The molecule has 0 spiro atoms. The molecule has 1 saturated heterocycles. The Morgan fingerprint density at radius 3 is 2.16 bits per heavy atom. The van der Waals surface area contributed by atoms with Crippen molar-refractivity contribution in [3.63, 3.8) is 0 Å². The average molecular weight is 442 g/mol. The average Bonchev–Trinajstić information content (AvgIpc) is 2.79. The van der Waals surface area contributed by atoms with E-state index in [2.05, 4.69) is 17.0 Å². The van der Waals surface area contributed by atoms with Crippen LogP contribution in [0.1, 0.15) is 28.4 Å². The van der Waals surface area contributed by atoms with E-state index in [1.54, 1.807) is 4.90 Å². The zero-order chi connectivity index (χ0) is 22.0. The van der Waals surface area contributed by atoms with Crippen LogP contribution < -0.4 is 0 Å². The number of hydrogen-bond donors (Lipinski definition) is 0. The normalized spacial score (nSPS) is 17.9. The van der Waals surface area contributed by atoms with E-state index in [4.69, 9.17) is 0 Å². The number of rotatable bonds is 5. The number of Topliss-reactive ketones (excluding diaryl/α,β-unsaturated/α-hetero) is 1. The summed E-state index contributed by atoms with van der Waals surface area (Å²) in [6.07, 6.45) is 0.942. The number of benzene rings is 2. The van der Waals surface area contributed by atoms with Crippen molar-refractivity contribution in [2.45, 2.75) is 24.8 Å². The van der Waals surface area contributed by atoms with Gasteiger partial charge in [-0.1, -0.05) is 36.4 Å². The number of hydrogen-bond acceptors (Lipinski definition) is 5. The maximum atomic E-state index is 12.9. The lowest BCUT2D eigenvalue weighted by molar-refractivity contribution is -0.133. The van der Waals surface area contributed by atoms with Gasteiger partial charge in [0.2, 0.25) is 15.9 Å². The minimum absolute atomic E-state index is 0.0437. The highest BCUT2D eigenvalue weighted by Gasteiger charge is 2.31. The third-order valence-corrected chi connectivity index (χ3v) is 7.97. The molecule has 2 aliphatic heterocycles. The number of nitrogens with zero attached hydrogens (tertiary/aromatic N) is 3. The van der Waals surface area contributed by atoms with Gasteiger partial charge in [0.25, 0.3) is 0 Å². The van der Waals surface area contributed by atoms with Gasteiger partial charge in [-0.2, -0.15) is 4.31 Å². The summed E-state index contributed by atoms with van der Waals surface area (Å²) < 4.78 is 27.2. The van der Waals surface area contributed by atoms with Gasteiger partial charge in [0, 0.05) is 44.8 Å². The summed E-state index contributed by atoms with van der Waals surface area (Å²) in [6.45, 7) is 4.73. The molecule has 0 saturated carbocycles. The molecule has 4 rings (SSSR count). The topological polar surface area (TPSA) is 78.0 Å². The molecule has 1 fully saturated rings. The predicted molar refractivity (Wildman–Crippen MR) is 117 cm³/mol. The second kappa shape index (κ2) is 8.90. The molecule has 0 bridgehead atoms. The number of amides is 1. The number of piperazine rings is 1. The van der Waals surface area contributed by atoms with Crippen LogP contribution in [-0.4, -0.2) is 73.5 Å². The van der Waals surface area contributed by atoms with Crippen molar-refractivity contribution in [2.75, 3.05) is 39.3 Å². The summed E-state index contributed by atoms with van der Waals surface area (Å²) in [5, 5.41) is 0. The first kappa shape index (κ1) is 21.7. The van der Waals surface area contributed by atoms with E-state index >= 15 is 0 Å². The van der Waals surface area contributed by atoms with E-state index in [-0.39, 0.29) is 29.7 Å². The van der Waals surface area contributed by atoms with Crippen LogP contribution in [0.2, 0.25) is 0 Å². The van der Waals surface area contributed by atoms with Crippen molar-refractivity contribution < 1.29 is 18.0 Å². The minimum Gasteiger partial charge on any atom is -0.339 e. The first-order valence-electron chi connectivity index (χ1n) is 10.5. The van der Waals surface area contributed by atoms with Crippen molar-refractivity contribution in [2.24, 2.45) is 0 Å². The Morgan fingerprint density at radius 1 is 0.871 bits per heavy atom. The summed E-state index contributed by atoms with van der Waals surface area (Å²) in [5.41, 5.74) is 3.10. The maximum absolute atomic E-state index is 12.9. The lowest BCUT2D eigenvalue weighted by Gasteiger charge is -2.36. The predicted octanol–water partition coefficient (Wildman–Crippen LogP) is 1.78. The SMILES string of the molecule is CC(=O)c1ccc(S(=O)(=O)N2CCN(C(=O)CN3CCc4ccccc4C3)CC2)cc1. The molecule has 7 nitrogen and oxygen atoms in total. The van der Waals surface area contributed by atoms with Crippen LogP contribution in [0.4, 0.5) is 0 Å². The Morgan fingerprint density at radius 2 is 1.52 bits per heavy atom. The summed E-state index contributed by atoms with van der Waals surface area (Å²) >= 11 is 0. The summed E-state index contributed by atoms with van der Waals surface area (Å²) in [5.74, 6) is -0.0597. The van der Waals surface area contributed by atoms with Crippen LogP contribution in [0.3, 0.4) is 0 Å². The van der Waals surface area contributed by atoms with Gasteiger partial charge in [0.05, 0.1) is 11.4 Å². The van der Waals surface area contributed by atoms with E-state index < -0.39 is 10.0 Å². The van der Waals surface area contributed by atoms with Gasteiger partial charge in [0.1, 0.15) is 0 Å². The van der Waals surface area contributed by atoms with Gasteiger partial charge in [-0.3, -0.25) is 14.5 Å². The first-order valence-corrected chi connectivity index (χ1v) is 12.0. The second-order valence-corrected chi connectivity index (χ2v) is 10.0. The molecule has 164 valence electrons. The lowest BCUT2D eigenvalue weighted by atomic mass is 10.00.